The summed E-state index contributed by atoms with van der Waals surface area (Å²) >= 11 is 0. The van der Waals surface area contributed by atoms with E-state index in [2.05, 4.69) is 6.58 Å². The normalized spacial score (nSPS) is 6.85. The molecule has 0 atom stereocenters. The van der Waals surface area contributed by atoms with Crippen molar-refractivity contribution < 1.29 is 0 Å². The summed E-state index contributed by atoms with van der Waals surface area (Å²) in [5.74, 6) is 0. The van der Waals surface area contributed by atoms with Crippen molar-refractivity contribution >= 4 is 0 Å². The smallest absolute Gasteiger partial charge is 0.0467 e. The summed E-state index contributed by atoms with van der Waals surface area (Å²) in [7, 11) is 0. The second-order valence-corrected chi connectivity index (χ2v) is 1.15. The maximum Gasteiger partial charge on any atom is -0.0467 e. The summed E-state index contributed by atoms with van der Waals surface area (Å²) in [6, 6.07) is 0. The van der Waals surface area contributed by atoms with Crippen LogP contribution in [0.2, 0.25) is 0 Å². The molecule has 0 aromatic heterocycles. The van der Waals surface area contributed by atoms with Crippen LogP contribution in [-0.4, -0.2) is 0 Å². The largest absolute Gasteiger partial charge is 0.0991 e. The van der Waals surface area contributed by atoms with Crippen molar-refractivity contribution in [1.82, 2.24) is 0 Å². The van der Waals surface area contributed by atoms with E-state index >= 15 is 0 Å². The molecule has 0 spiro atoms. The minimum Gasteiger partial charge on any atom is -0.0991 e. The molecule has 0 nitrogen and oxygen atoms in total. The monoisotopic (exact) mass is 186 g/mol. The van der Waals surface area contributed by atoms with Gasteiger partial charge in [-0.15, -0.1) is 0 Å². The Morgan fingerprint density at radius 1 is 0.769 bits per heavy atom. The maximum atomic E-state index is 3.51. The van der Waals surface area contributed by atoms with E-state index in [4.69, 9.17) is 0 Å². The summed E-state index contributed by atoms with van der Waals surface area (Å²) in [5.41, 5.74) is 0. The molecule has 0 aromatic rings. The first kappa shape index (κ1) is 29.5. The molecular formula is C13H30. The zero-order chi connectivity index (χ0) is 9.54. The molecule has 0 bridgehead atoms. The molecule has 0 radical (unpaired) electrons. The van der Waals surface area contributed by atoms with Crippen molar-refractivity contribution in [1.29, 1.82) is 0 Å². The van der Waals surface area contributed by atoms with E-state index in [1.807, 2.05) is 58.9 Å². The van der Waals surface area contributed by atoms with Gasteiger partial charge >= 0.3 is 0 Å². The second-order valence-electron chi connectivity index (χ2n) is 1.15. The Hall–Kier alpha value is -0.780. The topological polar surface area (TPSA) is 0 Å². The van der Waals surface area contributed by atoms with Crippen LogP contribution in [0, 0.1) is 0 Å². The van der Waals surface area contributed by atoms with E-state index in [0.717, 1.165) is 0 Å². The molecule has 0 amide bonds. The van der Waals surface area contributed by atoms with Gasteiger partial charge in [0.2, 0.25) is 0 Å². The van der Waals surface area contributed by atoms with Gasteiger partial charge in [0.15, 0.2) is 0 Å². The van der Waals surface area contributed by atoms with Gasteiger partial charge in [0.1, 0.15) is 0 Å². The minimum atomic E-state index is 0. The number of hydrogen-bond acceptors (Lipinski definition) is 0. The van der Waals surface area contributed by atoms with Crippen LogP contribution in [0.15, 0.2) is 37.0 Å². The maximum absolute atomic E-state index is 3.51. The predicted octanol–water partition coefficient (Wildman–Crippen LogP) is 5.63. The highest BCUT2D eigenvalue weighted by Crippen LogP contribution is 1.74. The van der Waals surface area contributed by atoms with Crippen LogP contribution < -0.4 is 0 Å². The van der Waals surface area contributed by atoms with Crippen LogP contribution in [0.1, 0.15) is 49.5 Å². The van der Waals surface area contributed by atoms with E-state index in [-0.39, 0.29) is 14.9 Å². The molecule has 82 valence electrons. The molecule has 0 aliphatic carbocycles. The van der Waals surface area contributed by atoms with Crippen LogP contribution in [0.5, 0.6) is 0 Å². The molecule has 0 saturated heterocycles. The van der Waals surface area contributed by atoms with Crippen molar-refractivity contribution in [3.05, 3.63) is 37.0 Å². The van der Waals surface area contributed by atoms with Crippen molar-refractivity contribution in [2.45, 2.75) is 49.5 Å². The molecule has 0 aromatic carbocycles. The van der Waals surface area contributed by atoms with E-state index in [1.165, 1.54) is 0 Å². The third kappa shape index (κ3) is 92.0. The lowest BCUT2D eigenvalue weighted by Crippen LogP contribution is -1.43. The molecule has 0 rings (SSSR count). The Labute approximate surface area is 87.1 Å². The lowest BCUT2D eigenvalue weighted by atomic mass is 10.4. The Morgan fingerprint density at radius 3 is 1.38 bits per heavy atom. The number of allylic oxidation sites excluding steroid dienone is 5. The third-order valence-corrected chi connectivity index (χ3v) is 0.551. The Morgan fingerprint density at radius 2 is 1.15 bits per heavy atom. The highest BCUT2D eigenvalue weighted by molar-refractivity contribution is 5.07. The summed E-state index contributed by atoms with van der Waals surface area (Å²) in [6.45, 7) is 13.5. The van der Waals surface area contributed by atoms with Gasteiger partial charge in [-0.1, -0.05) is 79.5 Å². The van der Waals surface area contributed by atoms with Crippen LogP contribution in [0.25, 0.3) is 0 Å². The van der Waals surface area contributed by atoms with Gasteiger partial charge in [-0.2, -0.15) is 0 Å². The second kappa shape index (κ2) is 65.8. The van der Waals surface area contributed by atoms with E-state index in [1.54, 1.807) is 6.08 Å². The lowest BCUT2D eigenvalue weighted by molar-refractivity contribution is 1.50. The molecule has 0 N–H and O–H groups in total. The van der Waals surface area contributed by atoms with E-state index in [9.17, 15) is 0 Å². The van der Waals surface area contributed by atoms with Gasteiger partial charge in [0, 0.05) is 0 Å². The average Bonchev–Trinajstić information content (AvgIpc) is 2.13. The third-order valence-electron chi connectivity index (χ3n) is 0.551. The fraction of sp³-hybridized carbons (Fsp3) is 0.538. The first-order chi connectivity index (χ1) is 5.41. The number of hydrogen-bond donors (Lipinski definition) is 0. The van der Waals surface area contributed by atoms with E-state index in [0.29, 0.717) is 0 Å². The van der Waals surface area contributed by atoms with Gasteiger partial charge in [0.25, 0.3) is 0 Å². The highest BCUT2D eigenvalue weighted by atomic mass is 13.6. The van der Waals surface area contributed by atoms with Crippen LogP contribution in [0.3, 0.4) is 0 Å². The molecule has 0 heteroatoms. The van der Waals surface area contributed by atoms with Crippen molar-refractivity contribution in [3.8, 4) is 0 Å². The molecule has 0 aliphatic heterocycles. The summed E-state index contributed by atoms with van der Waals surface area (Å²) in [6.07, 6.45) is 9.51. The zero-order valence-electron chi connectivity index (χ0n) is 8.59. The molecule has 0 aliphatic rings. The minimum absolute atomic E-state index is 0. The van der Waals surface area contributed by atoms with Gasteiger partial charge < -0.3 is 0 Å². The molecular weight excluding hydrogens is 156 g/mol. The standard InChI is InChI=1S/C7H10.2C2H6.2CH4/c1-3-5-7-6-4-2;2*1-2;;/h3-7H,1H2,2H3;2*1-2H3;2*1H4/b6-4-,7-5-;;;;. The fourth-order valence-electron chi connectivity index (χ4n) is 0.254. The highest BCUT2D eigenvalue weighted by Gasteiger charge is 1.52. The van der Waals surface area contributed by atoms with Gasteiger partial charge in [-0.05, 0) is 6.92 Å². The Kier molecular flexibility index (Phi) is 149. The molecule has 13 heavy (non-hydrogen) atoms. The Balaban J connectivity index is -0.0000000315. The van der Waals surface area contributed by atoms with Gasteiger partial charge in [0.05, 0.1) is 0 Å². The lowest BCUT2D eigenvalue weighted by Gasteiger charge is -1.65. The first-order valence-corrected chi connectivity index (χ1v) is 4.32. The van der Waals surface area contributed by atoms with E-state index < -0.39 is 0 Å². The summed E-state index contributed by atoms with van der Waals surface area (Å²) in [4.78, 5) is 0. The Bertz CT molecular complexity index is 86.2. The fourth-order valence-corrected chi connectivity index (χ4v) is 0.254. The van der Waals surface area contributed by atoms with Crippen LogP contribution in [0.4, 0.5) is 0 Å². The van der Waals surface area contributed by atoms with Crippen LogP contribution in [-0.2, 0) is 0 Å². The molecule has 0 fully saturated rings. The molecule has 0 heterocycles. The molecule has 0 saturated carbocycles. The average molecular weight is 186 g/mol. The van der Waals surface area contributed by atoms with Gasteiger partial charge in [-0.25, -0.2) is 0 Å². The van der Waals surface area contributed by atoms with Crippen molar-refractivity contribution in [2.24, 2.45) is 0 Å². The van der Waals surface area contributed by atoms with Crippen LogP contribution >= 0.6 is 0 Å². The SMILES string of the molecule is C.C.C=C/C=C\C=C/C.CC.CC. The van der Waals surface area contributed by atoms with Crippen molar-refractivity contribution in [2.75, 3.05) is 0 Å². The molecule has 0 unspecified atom stereocenters. The summed E-state index contributed by atoms with van der Waals surface area (Å²) in [5, 5.41) is 0. The zero-order valence-corrected chi connectivity index (χ0v) is 8.59. The summed E-state index contributed by atoms with van der Waals surface area (Å²) < 4.78 is 0. The number of rotatable bonds is 2. The van der Waals surface area contributed by atoms with Crippen molar-refractivity contribution in [3.63, 3.8) is 0 Å². The quantitative estimate of drug-likeness (QED) is 0.490. The first-order valence-electron chi connectivity index (χ1n) is 4.32. The van der Waals surface area contributed by atoms with Gasteiger partial charge in [-0.3, -0.25) is 0 Å². The predicted molar refractivity (Wildman–Crippen MR) is 70.3 cm³/mol.